The fraction of sp³-hybridized carbons (Fsp3) is 0.579. The van der Waals surface area contributed by atoms with Gasteiger partial charge in [-0.3, -0.25) is 14.2 Å². The molecule has 2 aliphatic heterocycles. The van der Waals surface area contributed by atoms with Crippen LogP contribution in [0.5, 0.6) is 0 Å². The number of amides is 2. The summed E-state index contributed by atoms with van der Waals surface area (Å²) in [5.74, 6) is -2.11. The molecule has 0 bridgehead atoms. The van der Waals surface area contributed by atoms with E-state index in [1.54, 1.807) is 0 Å². The molecule has 15 heteroatoms. The van der Waals surface area contributed by atoms with Crippen LogP contribution >= 0.6 is 7.82 Å². The molecule has 0 saturated carbocycles. The third kappa shape index (κ3) is 7.00. The highest BCUT2D eigenvalue weighted by atomic mass is 31.2. The number of carbonyl (C=O) groups is 2. The van der Waals surface area contributed by atoms with Crippen molar-refractivity contribution in [2.45, 2.75) is 31.5 Å². The fourth-order valence-electron chi connectivity index (χ4n) is 4.02. The summed E-state index contributed by atoms with van der Waals surface area (Å²) >= 11 is 0. The zero-order valence-corrected chi connectivity index (χ0v) is 19.0. The maximum Gasteiger partial charge on any atom is 0.470 e. The summed E-state index contributed by atoms with van der Waals surface area (Å²) in [6, 6.07) is 2.03. The first-order valence-electron chi connectivity index (χ1n) is 10.1. The predicted molar refractivity (Wildman–Crippen MR) is 120 cm³/mol. The van der Waals surface area contributed by atoms with Gasteiger partial charge < -0.3 is 29.5 Å². The van der Waals surface area contributed by atoms with Gasteiger partial charge >= 0.3 is 37.0 Å². The van der Waals surface area contributed by atoms with Crippen LogP contribution in [0.3, 0.4) is 0 Å². The number of hydrogen-bond acceptors (Lipinski definition) is 7. The van der Waals surface area contributed by atoms with Gasteiger partial charge in [0, 0.05) is 39.3 Å². The monoisotopic (exact) mass is 519 g/mol. The molecule has 1 atom stereocenters. The number of phosphoric acid groups is 1. The molecule has 188 valence electrons. The SMILES string of the molecule is COCC1(OP(=O)(O)O)CCN(c2c(F)cc(N3C[C@H](CNC(C)=O)OC3=O)cc2F)CC1.[MgH2]. The maximum absolute atomic E-state index is 14.9. The Bertz CT molecular complexity index is 934. The lowest BCUT2D eigenvalue weighted by Gasteiger charge is -2.41. The van der Waals surface area contributed by atoms with E-state index >= 15 is 0 Å². The minimum absolute atomic E-state index is 0. The highest BCUT2D eigenvalue weighted by Gasteiger charge is 2.42. The third-order valence-corrected chi connectivity index (χ3v) is 6.10. The molecule has 0 spiro atoms. The van der Waals surface area contributed by atoms with Crippen LogP contribution in [0.15, 0.2) is 12.1 Å². The average Bonchev–Trinajstić information content (AvgIpc) is 3.07. The van der Waals surface area contributed by atoms with E-state index in [-0.39, 0.29) is 86.0 Å². The molecule has 2 fully saturated rings. The molecule has 0 radical (unpaired) electrons. The first-order chi connectivity index (χ1) is 15.4. The van der Waals surface area contributed by atoms with Gasteiger partial charge in [0.2, 0.25) is 5.91 Å². The Morgan fingerprint density at radius 1 is 1.29 bits per heavy atom. The van der Waals surface area contributed by atoms with Crippen molar-refractivity contribution in [1.29, 1.82) is 0 Å². The number of nitrogens with zero attached hydrogens (tertiary/aromatic N) is 2. The molecule has 2 saturated heterocycles. The predicted octanol–water partition coefficient (Wildman–Crippen LogP) is 0.605. The molecule has 0 aliphatic carbocycles. The number of carbonyl (C=O) groups excluding carboxylic acids is 2. The molecule has 0 aromatic heterocycles. The first-order valence-corrected chi connectivity index (χ1v) is 11.7. The Hall–Kier alpha value is -1.54. The molecule has 2 aliphatic rings. The van der Waals surface area contributed by atoms with E-state index < -0.39 is 37.3 Å². The number of phosphoric ester groups is 1. The molecule has 1 aromatic carbocycles. The summed E-state index contributed by atoms with van der Waals surface area (Å²) in [5.41, 5.74) is -1.62. The van der Waals surface area contributed by atoms with E-state index in [4.69, 9.17) is 14.0 Å². The summed E-state index contributed by atoms with van der Waals surface area (Å²) in [6.45, 7) is 1.43. The Morgan fingerprint density at radius 2 is 1.88 bits per heavy atom. The Balaban J connectivity index is 0.00000408. The van der Waals surface area contributed by atoms with Crippen LogP contribution in [0.25, 0.3) is 0 Å². The first kappa shape index (κ1) is 28.7. The van der Waals surface area contributed by atoms with Gasteiger partial charge in [-0.2, -0.15) is 0 Å². The van der Waals surface area contributed by atoms with Crippen molar-refractivity contribution in [2.75, 3.05) is 49.7 Å². The van der Waals surface area contributed by atoms with Crippen LogP contribution in [0.2, 0.25) is 0 Å². The lowest BCUT2D eigenvalue weighted by Crippen LogP contribution is -2.48. The van der Waals surface area contributed by atoms with E-state index in [9.17, 15) is 32.7 Å². The Kier molecular flexibility index (Phi) is 9.67. The summed E-state index contributed by atoms with van der Waals surface area (Å²) in [4.78, 5) is 44.1. The number of ether oxygens (including phenoxy) is 2. The van der Waals surface area contributed by atoms with E-state index in [1.807, 2.05) is 0 Å². The molecule has 2 heterocycles. The van der Waals surface area contributed by atoms with Gasteiger partial charge in [-0.1, -0.05) is 0 Å². The number of hydrogen-bond donors (Lipinski definition) is 3. The lowest BCUT2D eigenvalue weighted by molar-refractivity contribution is -0.119. The second-order valence-corrected chi connectivity index (χ2v) is 9.16. The van der Waals surface area contributed by atoms with Gasteiger partial charge in [-0.25, -0.2) is 18.1 Å². The number of nitrogens with one attached hydrogen (secondary N) is 1. The number of anilines is 2. The second-order valence-electron chi connectivity index (χ2n) is 8.00. The van der Waals surface area contributed by atoms with Gasteiger partial charge in [-0.15, -0.1) is 0 Å². The van der Waals surface area contributed by atoms with Crippen LogP contribution in [0.1, 0.15) is 19.8 Å². The van der Waals surface area contributed by atoms with Crippen molar-refractivity contribution in [2.24, 2.45) is 0 Å². The molecule has 2 amide bonds. The van der Waals surface area contributed by atoms with Crippen molar-refractivity contribution in [3.05, 3.63) is 23.8 Å². The zero-order chi connectivity index (χ0) is 24.4. The number of piperidine rings is 1. The highest BCUT2D eigenvalue weighted by Crippen LogP contribution is 2.46. The normalized spacial score (nSPS) is 20.1. The molecular weight excluding hydrogens is 491 g/mol. The Labute approximate surface area is 211 Å². The number of benzene rings is 1. The molecule has 34 heavy (non-hydrogen) atoms. The summed E-state index contributed by atoms with van der Waals surface area (Å²) < 4.78 is 56.3. The average molecular weight is 520 g/mol. The quantitative estimate of drug-likeness (QED) is 0.333. The summed E-state index contributed by atoms with van der Waals surface area (Å²) in [5, 5.41) is 2.52. The summed E-state index contributed by atoms with van der Waals surface area (Å²) in [7, 11) is -3.44. The third-order valence-electron chi connectivity index (χ3n) is 5.48. The number of cyclic esters (lactones) is 1. The standard InChI is InChI=1S/C19H26F2N3O8P.Mg.2H/c1-12(25)22-9-14-10-24(18(26)31-14)13-7-15(20)17(16(21)8-13)23-5-3-19(4-6-23,11-30-2)32-33(27,28)29;;;/h7-8,14H,3-6,9-11H2,1-2H3,(H,22,25)(H2,27,28,29);;;/t14-;;;/m0.../s1. The summed E-state index contributed by atoms with van der Waals surface area (Å²) in [6.07, 6.45) is -1.31. The van der Waals surface area contributed by atoms with Gasteiger partial charge in [0.1, 0.15) is 17.4 Å². The van der Waals surface area contributed by atoms with Crippen LogP contribution < -0.4 is 15.1 Å². The van der Waals surface area contributed by atoms with Crippen molar-refractivity contribution in [1.82, 2.24) is 5.32 Å². The molecule has 3 N–H and O–H groups in total. The highest BCUT2D eigenvalue weighted by molar-refractivity contribution is 7.46. The van der Waals surface area contributed by atoms with Crippen LogP contribution in [0.4, 0.5) is 25.0 Å². The van der Waals surface area contributed by atoms with E-state index in [2.05, 4.69) is 5.32 Å². The van der Waals surface area contributed by atoms with Crippen molar-refractivity contribution < 1.29 is 46.7 Å². The zero-order valence-electron chi connectivity index (χ0n) is 18.1. The number of rotatable bonds is 8. The van der Waals surface area contributed by atoms with Crippen molar-refractivity contribution >= 4 is 54.3 Å². The van der Waals surface area contributed by atoms with Gasteiger partial charge in [0.15, 0.2) is 11.6 Å². The lowest BCUT2D eigenvalue weighted by atomic mass is 9.92. The number of methoxy groups -OCH3 is 1. The van der Waals surface area contributed by atoms with Gasteiger partial charge in [0.25, 0.3) is 0 Å². The second kappa shape index (κ2) is 11.5. The maximum atomic E-state index is 14.9. The minimum Gasteiger partial charge on any atom is -0.442 e. The number of halogens is 2. The molecule has 3 rings (SSSR count). The van der Waals surface area contributed by atoms with Crippen LogP contribution in [0, 0.1) is 11.6 Å². The van der Waals surface area contributed by atoms with E-state index in [1.165, 1.54) is 18.9 Å². The minimum atomic E-state index is -4.80. The molecular formula is C19H28F2MgN3O8P. The smallest absolute Gasteiger partial charge is 0.442 e. The van der Waals surface area contributed by atoms with E-state index in [0.29, 0.717) is 0 Å². The van der Waals surface area contributed by atoms with Gasteiger partial charge in [0.05, 0.1) is 25.4 Å². The fourth-order valence-corrected chi connectivity index (χ4v) is 4.76. The largest absolute Gasteiger partial charge is 0.470 e. The van der Waals surface area contributed by atoms with Crippen LogP contribution in [-0.4, -0.2) is 96.4 Å². The topological polar surface area (TPSA) is 138 Å². The van der Waals surface area contributed by atoms with Crippen molar-refractivity contribution in [3.63, 3.8) is 0 Å². The molecule has 0 unspecified atom stereocenters. The molecule has 11 nitrogen and oxygen atoms in total. The van der Waals surface area contributed by atoms with Crippen molar-refractivity contribution in [3.8, 4) is 0 Å². The van der Waals surface area contributed by atoms with Gasteiger partial charge in [-0.05, 0) is 12.8 Å². The van der Waals surface area contributed by atoms with E-state index in [0.717, 1.165) is 17.0 Å². The Morgan fingerprint density at radius 3 is 2.38 bits per heavy atom. The van der Waals surface area contributed by atoms with Crippen LogP contribution in [-0.2, 0) is 23.4 Å². The molecule has 1 aromatic rings.